The second-order valence-corrected chi connectivity index (χ2v) is 7.12. The van der Waals surface area contributed by atoms with Crippen molar-refractivity contribution in [1.82, 2.24) is 15.5 Å². The van der Waals surface area contributed by atoms with Crippen LogP contribution in [0.3, 0.4) is 0 Å². The number of hydrogen-bond acceptors (Lipinski definition) is 4. The second-order valence-electron chi connectivity index (χ2n) is 7.12. The molecule has 1 aromatic rings. The Morgan fingerprint density at radius 2 is 2.04 bits per heavy atom. The van der Waals surface area contributed by atoms with Gasteiger partial charge in [-0.3, -0.25) is 19.8 Å². The van der Waals surface area contributed by atoms with E-state index in [2.05, 4.69) is 0 Å². The molecule has 2 heterocycles. The van der Waals surface area contributed by atoms with Crippen molar-refractivity contribution in [2.45, 2.75) is 51.0 Å². The van der Waals surface area contributed by atoms with Crippen molar-refractivity contribution in [3.05, 3.63) is 24.2 Å². The number of halogens is 3. The van der Waals surface area contributed by atoms with Crippen LogP contribution in [0.2, 0.25) is 0 Å². The van der Waals surface area contributed by atoms with Gasteiger partial charge in [0.15, 0.2) is 5.76 Å². The first-order valence-electron chi connectivity index (χ1n) is 8.67. The van der Waals surface area contributed by atoms with Gasteiger partial charge in [-0.05, 0) is 30.4 Å². The fourth-order valence-corrected chi connectivity index (χ4v) is 3.75. The maximum atomic E-state index is 13.8. The van der Waals surface area contributed by atoms with Crippen LogP contribution in [0.25, 0.3) is 0 Å². The Labute approximate surface area is 153 Å². The summed E-state index contributed by atoms with van der Waals surface area (Å²) in [5.41, 5.74) is -3.52. The molecule has 7 nitrogen and oxygen atoms in total. The van der Waals surface area contributed by atoms with Crippen molar-refractivity contribution in [2.24, 2.45) is 11.8 Å². The van der Waals surface area contributed by atoms with Gasteiger partial charge >= 0.3 is 12.2 Å². The first-order chi connectivity index (χ1) is 12.6. The van der Waals surface area contributed by atoms with Crippen LogP contribution < -0.4 is 10.6 Å². The fraction of sp³-hybridized carbons (Fsp3) is 0.588. The molecule has 0 unspecified atom stereocenters. The molecule has 4 amide bonds. The lowest BCUT2D eigenvalue weighted by Gasteiger charge is -2.38. The van der Waals surface area contributed by atoms with Crippen molar-refractivity contribution in [3.63, 3.8) is 0 Å². The molecule has 1 aliphatic carbocycles. The number of rotatable bonds is 3. The van der Waals surface area contributed by atoms with E-state index in [1.165, 1.54) is 6.07 Å². The molecule has 2 fully saturated rings. The fourth-order valence-electron chi connectivity index (χ4n) is 3.75. The van der Waals surface area contributed by atoms with E-state index in [1.54, 1.807) is 10.6 Å². The zero-order valence-corrected chi connectivity index (χ0v) is 14.8. The zero-order chi connectivity index (χ0) is 20.0. The molecule has 1 aromatic heterocycles. The number of furan rings is 1. The minimum atomic E-state index is -5.24. The topological polar surface area (TPSA) is 91.7 Å². The summed E-state index contributed by atoms with van der Waals surface area (Å²) in [7, 11) is 0. The van der Waals surface area contributed by atoms with Crippen LogP contribution in [0.15, 0.2) is 22.8 Å². The molecule has 0 aromatic carbocycles. The molecule has 1 saturated carbocycles. The Morgan fingerprint density at radius 3 is 2.63 bits per heavy atom. The minimum absolute atomic E-state index is 0.154. The third-order valence-electron chi connectivity index (χ3n) is 5.52. The van der Waals surface area contributed by atoms with E-state index in [4.69, 9.17) is 4.42 Å². The highest BCUT2D eigenvalue weighted by atomic mass is 19.4. The molecule has 27 heavy (non-hydrogen) atoms. The third-order valence-corrected chi connectivity index (χ3v) is 5.52. The summed E-state index contributed by atoms with van der Waals surface area (Å²) < 4.78 is 46.3. The Hall–Kier alpha value is -2.52. The van der Waals surface area contributed by atoms with Crippen molar-refractivity contribution in [2.75, 3.05) is 0 Å². The molecule has 2 N–H and O–H groups in total. The first-order valence-corrected chi connectivity index (χ1v) is 8.67. The van der Waals surface area contributed by atoms with Gasteiger partial charge in [-0.25, -0.2) is 4.79 Å². The number of imide groups is 1. The number of alkyl halides is 3. The maximum absolute atomic E-state index is 13.8. The van der Waals surface area contributed by atoms with Crippen LogP contribution in [0, 0.1) is 11.8 Å². The summed E-state index contributed by atoms with van der Waals surface area (Å²) in [6, 6.07) is 0.652. The SMILES string of the molecule is C[C@H]1[C@H](N2C(=O)N[C@@](NC(=O)c3ccco3)(C(F)(F)F)C2=O)CCC[C@@H]1C. The van der Waals surface area contributed by atoms with Gasteiger partial charge in [0.25, 0.3) is 17.5 Å². The van der Waals surface area contributed by atoms with Crippen LogP contribution in [0.5, 0.6) is 0 Å². The number of urea groups is 1. The van der Waals surface area contributed by atoms with Crippen molar-refractivity contribution < 1.29 is 32.0 Å². The highest BCUT2D eigenvalue weighted by molar-refractivity contribution is 6.10. The normalized spacial score (nSPS) is 31.7. The van der Waals surface area contributed by atoms with Crippen LogP contribution in [-0.2, 0) is 4.79 Å². The van der Waals surface area contributed by atoms with Crippen LogP contribution >= 0.6 is 0 Å². The van der Waals surface area contributed by atoms with Crippen LogP contribution in [-0.4, -0.2) is 40.6 Å². The molecule has 1 aliphatic heterocycles. The van der Waals surface area contributed by atoms with E-state index >= 15 is 0 Å². The molecule has 4 atom stereocenters. The molecule has 3 rings (SSSR count). The Bertz CT molecular complexity index is 749. The van der Waals surface area contributed by atoms with Gasteiger partial charge in [-0.15, -0.1) is 0 Å². The summed E-state index contributed by atoms with van der Waals surface area (Å²) in [6.45, 7) is 3.75. The zero-order valence-electron chi connectivity index (χ0n) is 14.8. The number of carbonyl (C=O) groups excluding carboxylic acids is 3. The predicted molar refractivity (Wildman–Crippen MR) is 86.3 cm³/mol. The van der Waals surface area contributed by atoms with Gasteiger partial charge in [0.1, 0.15) is 0 Å². The summed E-state index contributed by atoms with van der Waals surface area (Å²) in [5.74, 6) is -3.18. The average Bonchev–Trinajstić information content (AvgIpc) is 3.18. The van der Waals surface area contributed by atoms with E-state index in [0.29, 0.717) is 17.7 Å². The lowest BCUT2D eigenvalue weighted by molar-refractivity contribution is -0.201. The number of hydrogen-bond donors (Lipinski definition) is 2. The maximum Gasteiger partial charge on any atom is 0.440 e. The quantitative estimate of drug-likeness (QED) is 0.780. The molecule has 0 spiro atoms. The molecule has 1 saturated heterocycles. The highest BCUT2D eigenvalue weighted by Crippen LogP contribution is 2.39. The van der Waals surface area contributed by atoms with Crippen molar-refractivity contribution >= 4 is 17.8 Å². The predicted octanol–water partition coefficient (Wildman–Crippen LogP) is 2.64. The first kappa shape index (κ1) is 19.2. The smallest absolute Gasteiger partial charge is 0.440 e. The number of nitrogens with one attached hydrogen (secondary N) is 2. The Kier molecular flexibility index (Phi) is 4.69. The minimum Gasteiger partial charge on any atom is -0.459 e. The number of nitrogens with zero attached hydrogens (tertiary/aromatic N) is 1. The van der Waals surface area contributed by atoms with Gasteiger partial charge in [-0.2, -0.15) is 13.2 Å². The highest BCUT2D eigenvalue weighted by Gasteiger charge is 2.70. The average molecular weight is 387 g/mol. The third kappa shape index (κ3) is 3.06. The van der Waals surface area contributed by atoms with E-state index in [0.717, 1.165) is 18.8 Å². The van der Waals surface area contributed by atoms with Gasteiger partial charge in [0.2, 0.25) is 0 Å². The molecular weight excluding hydrogens is 367 g/mol. The molecule has 0 radical (unpaired) electrons. The van der Waals surface area contributed by atoms with Gasteiger partial charge in [-0.1, -0.05) is 26.7 Å². The number of amides is 4. The monoisotopic (exact) mass is 387 g/mol. The molecule has 0 bridgehead atoms. The van der Waals surface area contributed by atoms with E-state index in [1.807, 2.05) is 13.8 Å². The summed E-state index contributed by atoms with van der Waals surface area (Å²) >= 11 is 0. The van der Waals surface area contributed by atoms with Gasteiger partial charge in [0, 0.05) is 6.04 Å². The van der Waals surface area contributed by atoms with Crippen LogP contribution in [0.4, 0.5) is 18.0 Å². The molecule has 10 heteroatoms. The van der Waals surface area contributed by atoms with Gasteiger partial charge in [0.05, 0.1) is 6.26 Å². The standard InChI is InChI=1S/C17H20F3N3O4/c1-9-5-3-6-11(10(9)2)23-14(25)16(17(18,19)20,22-15(23)26)21-13(24)12-7-4-8-27-12/h4,7-11H,3,5-6H2,1-2H3,(H,21,24)(H,22,26)/t9-,10+,11+,16+/m0/s1. The summed E-state index contributed by atoms with van der Waals surface area (Å²) in [6.07, 6.45) is -2.13. The molecular formula is C17H20F3N3O4. The molecule has 148 valence electrons. The summed E-state index contributed by atoms with van der Waals surface area (Å²) in [4.78, 5) is 38.0. The molecule has 2 aliphatic rings. The van der Waals surface area contributed by atoms with Gasteiger partial charge < -0.3 is 9.73 Å². The Balaban J connectivity index is 1.94. The van der Waals surface area contributed by atoms with Crippen molar-refractivity contribution in [1.29, 1.82) is 0 Å². The lowest BCUT2D eigenvalue weighted by atomic mass is 9.77. The summed E-state index contributed by atoms with van der Waals surface area (Å²) in [5, 5.41) is 3.30. The van der Waals surface area contributed by atoms with E-state index in [9.17, 15) is 27.6 Å². The largest absolute Gasteiger partial charge is 0.459 e. The second kappa shape index (κ2) is 6.58. The van der Waals surface area contributed by atoms with Crippen molar-refractivity contribution in [3.8, 4) is 0 Å². The van der Waals surface area contributed by atoms with E-state index < -0.39 is 41.5 Å². The van der Waals surface area contributed by atoms with E-state index in [-0.39, 0.29) is 11.8 Å². The Morgan fingerprint density at radius 1 is 1.33 bits per heavy atom. The number of carbonyl (C=O) groups is 3. The lowest BCUT2D eigenvalue weighted by Crippen LogP contribution is -2.69. The van der Waals surface area contributed by atoms with Crippen LogP contribution in [0.1, 0.15) is 43.7 Å².